The molecule has 2 aromatic rings. The van der Waals surface area contributed by atoms with Gasteiger partial charge in [-0.05, 0) is 51.8 Å². The van der Waals surface area contributed by atoms with Gasteiger partial charge in [0.15, 0.2) is 0 Å². The monoisotopic (exact) mass is 267 g/mol. The first kappa shape index (κ1) is 13.1. The Morgan fingerprint density at radius 2 is 1.80 bits per heavy atom. The van der Waals surface area contributed by atoms with Gasteiger partial charge in [0, 0.05) is 29.0 Å². The molecule has 1 aliphatic carbocycles. The molecule has 1 heterocycles. The summed E-state index contributed by atoms with van der Waals surface area (Å²) in [5.41, 5.74) is 3.41. The van der Waals surface area contributed by atoms with E-state index in [1.165, 1.54) is 18.5 Å². The van der Waals surface area contributed by atoms with Crippen LogP contribution in [0, 0.1) is 6.92 Å². The Morgan fingerprint density at radius 3 is 2.40 bits per heavy atom. The fourth-order valence-corrected chi connectivity index (χ4v) is 2.51. The van der Waals surface area contributed by atoms with Crippen LogP contribution in [-0.2, 0) is 0 Å². The van der Waals surface area contributed by atoms with Crippen molar-refractivity contribution in [1.29, 1.82) is 0 Å². The molecule has 0 atom stereocenters. The molecule has 1 aliphatic rings. The lowest BCUT2D eigenvalue weighted by molar-refractivity contribution is 0.754. The molecule has 0 amide bonds. The standard InChI is InChI=1S/C17H21N3/c1-12(2)20(15-7-5-4-6-8-15)17-18-13(3)11-16(19-17)14-9-10-14/h4-8,11-12,14H,9-10H2,1-3H3. The highest BCUT2D eigenvalue weighted by Gasteiger charge is 2.27. The molecule has 0 bridgehead atoms. The Bertz CT molecular complexity index is 588. The highest BCUT2D eigenvalue weighted by molar-refractivity contribution is 5.58. The van der Waals surface area contributed by atoms with Crippen LogP contribution < -0.4 is 4.90 Å². The van der Waals surface area contributed by atoms with Crippen molar-refractivity contribution in [3.05, 3.63) is 47.8 Å². The lowest BCUT2D eigenvalue weighted by atomic mass is 10.2. The third-order valence-corrected chi connectivity index (χ3v) is 3.62. The second-order valence-corrected chi connectivity index (χ2v) is 5.81. The van der Waals surface area contributed by atoms with E-state index < -0.39 is 0 Å². The summed E-state index contributed by atoms with van der Waals surface area (Å²) in [6, 6.07) is 12.8. The van der Waals surface area contributed by atoms with Crippen LogP contribution in [0.15, 0.2) is 36.4 Å². The van der Waals surface area contributed by atoms with Gasteiger partial charge in [0.1, 0.15) is 0 Å². The number of anilines is 2. The van der Waals surface area contributed by atoms with Gasteiger partial charge in [-0.25, -0.2) is 9.97 Å². The second kappa shape index (κ2) is 5.23. The number of rotatable bonds is 4. The van der Waals surface area contributed by atoms with Crippen LogP contribution >= 0.6 is 0 Å². The van der Waals surface area contributed by atoms with Crippen molar-refractivity contribution >= 4 is 11.6 Å². The number of para-hydroxylation sites is 1. The SMILES string of the molecule is Cc1cc(C2CC2)nc(N(c2ccccc2)C(C)C)n1. The molecule has 1 saturated carbocycles. The Morgan fingerprint density at radius 1 is 1.10 bits per heavy atom. The van der Waals surface area contributed by atoms with Gasteiger partial charge >= 0.3 is 0 Å². The zero-order chi connectivity index (χ0) is 14.1. The molecule has 0 N–H and O–H groups in total. The van der Waals surface area contributed by atoms with Gasteiger partial charge in [-0.1, -0.05) is 18.2 Å². The van der Waals surface area contributed by atoms with Gasteiger partial charge in [-0.3, -0.25) is 0 Å². The van der Waals surface area contributed by atoms with E-state index in [0.717, 1.165) is 17.3 Å². The molecule has 1 aromatic heterocycles. The predicted octanol–water partition coefficient (Wildman–Crippen LogP) is 4.21. The quantitative estimate of drug-likeness (QED) is 0.831. The average molecular weight is 267 g/mol. The molecular formula is C17H21N3. The summed E-state index contributed by atoms with van der Waals surface area (Å²) in [7, 11) is 0. The molecule has 3 heteroatoms. The summed E-state index contributed by atoms with van der Waals surface area (Å²) in [6.07, 6.45) is 2.53. The zero-order valence-electron chi connectivity index (χ0n) is 12.4. The van der Waals surface area contributed by atoms with Crippen LogP contribution in [0.5, 0.6) is 0 Å². The zero-order valence-corrected chi connectivity index (χ0v) is 12.4. The maximum atomic E-state index is 4.81. The van der Waals surface area contributed by atoms with E-state index in [1.54, 1.807) is 0 Å². The lowest BCUT2D eigenvalue weighted by Gasteiger charge is -2.27. The normalized spacial score (nSPS) is 14.6. The largest absolute Gasteiger partial charge is 0.308 e. The van der Waals surface area contributed by atoms with Crippen molar-refractivity contribution in [1.82, 2.24) is 9.97 Å². The maximum absolute atomic E-state index is 4.81. The number of aromatic nitrogens is 2. The van der Waals surface area contributed by atoms with Crippen molar-refractivity contribution in [2.24, 2.45) is 0 Å². The minimum atomic E-state index is 0.325. The lowest BCUT2D eigenvalue weighted by Crippen LogP contribution is -2.27. The van der Waals surface area contributed by atoms with Crippen LogP contribution in [0.3, 0.4) is 0 Å². The predicted molar refractivity (Wildman–Crippen MR) is 82.5 cm³/mol. The van der Waals surface area contributed by atoms with E-state index in [2.05, 4.69) is 61.0 Å². The molecule has 3 rings (SSSR count). The summed E-state index contributed by atoms with van der Waals surface area (Å²) in [4.78, 5) is 11.7. The maximum Gasteiger partial charge on any atom is 0.230 e. The van der Waals surface area contributed by atoms with Crippen molar-refractivity contribution in [3.63, 3.8) is 0 Å². The second-order valence-electron chi connectivity index (χ2n) is 5.81. The molecule has 1 fully saturated rings. The summed E-state index contributed by atoms with van der Waals surface area (Å²) in [6.45, 7) is 6.41. The number of hydrogen-bond donors (Lipinski definition) is 0. The van der Waals surface area contributed by atoms with E-state index in [1.807, 2.05) is 6.07 Å². The Balaban J connectivity index is 2.03. The fourth-order valence-electron chi connectivity index (χ4n) is 2.51. The van der Waals surface area contributed by atoms with E-state index >= 15 is 0 Å². The third kappa shape index (κ3) is 2.67. The molecule has 0 unspecified atom stereocenters. The molecule has 20 heavy (non-hydrogen) atoms. The summed E-state index contributed by atoms with van der Waals surface area (Å²) >= 11 is 0. The Hall–Kier alpha value is -1.90. The van der Waals surface area contributed by atoms with Gasteiger partial charge in [-0.15, -0.1) is 0 Å². The summed E-state index contributed by atoms with van der Waals surface area (Å²) in [5, 5.41) is 0. The minimum absolute atomic E-state index is 0.325. The van der Waals surface area contributed by atoms with Crippen molar-refractivity contribution in [2.75, 3.05) is 4.90 Å². The molecule has 0 spiro atoms. The first-order valence-electron chi connectivity index (χ1n) is 7.35. The van der Waals surface area contributed by atoms with Crippen molar-refractivity contribution in [3.8, 4) is 0 Å². The van der Waals surface area contributed by atoms with Gasteiger partial charge < -0.3 is 4.90 Å². The van der Waals surface area contributed by atoms with E-state index in [0.29, 0.717) is 12.0 Å². The van der Waals surface area contributed by atoms with Crippen LogP contribution in [0.25, 0.3) is 0 Å². The Labute approximate surface area is 120 Å². The van der Waals surface area contributed by atoms with Gasteiger partial charge in [0.25, 0.3) is 0 Å². The van der Waals surface area contributed by atoms with E-state index in [-0.39, 0.29) is 0 Å². The number of benzene rings is 1. The molecule has 0 saturated heterocycles. The molecule has 104 valence electrons. The first-order chi connectivity index (χ1) is 9.65. The van der Waals surface area contributed by atoms with E-state index in [9.17, 15) is 0 Å². The molecular weight excluding hydrogens is 246 g/mol. The Kier molecular flexibility index (Phi) is 3.43. The highest BCUT2D eigenvalue weighted by Crippen LogP contribution is 2.40. The summed E-state index contributed by atoms with van der Waals surface area (Å²) in [5.74, 6) is 1.48. The van der Waals surface area contributed by atoms with Crippen LogP contribution in [0.2, 0.25) is 0 Å². The van der Waals surface area contributed by atoms with Crippen LogP contribution in [-0.4, -0.2) is 16.0 Å². The number of aryl methyl sites for hydroxylation is 1. The summed E-state index contributed by atoms with van der Waals surface area (Å²) < 4.78 is 0. The molecule has 0 aliphatic heterocycles. The van der Waals surface area contributed by atoms with Gasteiger partial charge in [0.05, 0.1) is 0 Å². The van der Waals surface area contributed by atoms with Gasteiger partial charge in [-0.2, -0.15) is 0 Å². The molecule has 3 nitrogen and oxygen atoms in total. The minimum Gasteiger partial charge on any atom is -0.308 e. The van der Waals surface area contributed by atoms with Crippen molar-refractivity contribution < 1.29 is 0 Å². The topological polar surface area (TPSA) is 29.0 Å². The molecule has 0 radical (unpaired) electrons. The van der Waals surface area contributed by atoms with Gasteiger partial charge in [0.2, 0.25) is 5.95 Å². The number of hydrogen-bond acceptors (Lipinski definition) is 3. The van der Waals surface area contributed by atoms with Crippen LogP contribution in [0.1, 0.15) is 44.0 Å². The van der Waals surface area contributed by atoms with Crippen LogP contribution in [0.4, 0.5) is 11.6 Å². The number of nitrogens with zero attached hydrogens (tertiary/aromatic N) is 3. The first-order valence-corrected chi connectivity index (χ1v) is 7.35. The third-order valence-electron chi connectivity index (χ3n) is 3.62. The smallest absolute Gasteiger partial charge is 0.230 e. The highest BCUT2D eigenvalue weighted by atomic mass is 15.3. The average Bonchev–Trinajstić information content (AvgIpc) is 3.23. The van der Waals surface area contributed by atoms with E-state index in [4.69, 9.17) is 4.98 Å². The molecule has 1 aromatic carbocycles. The van der Waals surface area contributed by atoms with Crippen molar-refractivity contribution in [2.45, 2.75) is 45.6 Å². The fraction of sp³-hybridized carbons (Fsp3) is 0.412.